The number of methoxy groups -OCH3 is 1. The van der Waals surface area contributed by atoms with E-state index < -0.39 is 22.9 Å². The van der Waals surface area contributed by atoms with E-state index in [2.05, 4.69) is 0 Å². The highest BCUT2D eigenvalue weighted by Crippen LogP contribution is 2.22. The van der Waals surface area contributed by atoms with Crippen molar-refractivity contribution in [1.29, 1.82) is 0 Å². The van der Waals surface area contributed by atoms with Crippen molar-refractivity contribution in [3.63, 3.8) is 0 Å². The van der Waals surface area contributed by atoms with Crippen LogP contribution in [0.2, 0.25) is 5.02 Å². The number of aliphatic hydroxyl groups is 1. The molecule has 2 atom stereocenters. The Balaban J connectivity index is 1.70. The number of rotatable bonds is 10. The van der Waals surface area contributed by atoms with Gasteiger partial charge in [-0.05, 0) is 42.7 Å². The monoisotopic (exact) mass is 408 g/mol. The zero-order valence-electron chi connectivity index (χ0n) is 15.4. The lowest BCUT2D eigenvalue weighted by molar-refractivity contribution is 0.0596. The van der Waals surface area contributed by atoms with E-state index in [1.165, 1.54) is 7.11 Å². The van der Waals surface area contributed by atoms with Crippen LogP contribution < -0.4 is 0 Å². The van der Waals surface area contributed by atoms with E-state index in [0.717, 1.165) is 31.2 Å². The minimum Gasteiger partial charge on any atom is -0.465 e. The van der Waals surface area contributed by atoms with Gasteiger partial charge in [0, 0.05) is 10.8 Å². The van der Waals surface area contributed by atoms with E-state index in [1.54, 1.807) is 36.4 Å². The van der Waals surface area contributed by atoms with Crippen molar-refractivity contribution >= 4 is 28.4 Å². The molecule has 0 spiro atoms. The molecule has 2 aromatic carbocycles. The van der Waals surface area contributed by atoms with Gasteiger partial charge in [0.1, 0.15) is 0 Å². The summed E-state index contributed by atoms with van der Waals surface area (Å²) in [4.78, 5) is 12.3. The summed E-state index contributed by atoms with van der Waals surface area (Å²) in [5.41, 5.74) is 1.24. The maximum absolute atomic E-state index is 12.5. The van der Waals surface area contributed by atoms with Crippen molar-refractivity contribution < 1.29 is 18.8 Å². The molecule has 0 heterocycles. The number of unbranched alkanes of at least 4 members (excludes halogenated alkanes) is 3. The number of hydrogen-bond donors (Lipinski definition) is 1. The Morgan fingerprint density at radius 2 is 1.74 bits per heavy atom. The normalized spacial score (nSPS) is 13.1. The van der Waals surface area contributed by atoms with Gasteiger partial charge in [-0.3, -0.25) is 4.21 Å². The number of ether oxygens (including phenoxy) is 1. The van der Waals surface area contributed by atoms with Crippen LogP contribution in [0.5, 0.6) is 0 Å². The van der Waals surface area contributed by atoms with Crippen molar-refractivity contribution in [3.8, 4) is 0 Å². The molecule has 6 heteroatoms. The summed E-state index contributed by atoms with van der Waals surface area (Å²) in [7, 11) is 0.0939. The van der Waals surface area contributed by atoms with Gasteiger partial charge in [0.15, 0.2) is 0 Å². The third-order valence-corrected chi connectivity index (χ3v) is 6.11. The molecular weight excluding hydrogens is 384 g/mol. The molecule has 1 N–H and O–H groups in total. The van der Waals surface area contributed by atoms with Crippen molar-refractivity contribution in [2.75, 3.05) is 12.9 Å². The Morgan fingerprint density at radius 3 is 2.44 bits per heavy atom. The molecule has 146 valence electrons. The average molecular weight is 409 g/mol. The first-order chi connectivity index (χ1) is 13.0. The van der Waals surface area contributed by atoms with Crippen LogP contribution in [-0.2, 0) is 15.5 Å². The predicted octanol–water partition coefficient (Wildman–Crippen LogP) is 4.92. The van der Waals surface area contributed by atoms with E-state index in [0.29, 0.717) is 27.7 Å². The van der Waals surface area contributed by atoms with Gasteiger partial charge in [-0.1, -0.05) is 55.1 Å². The molecule has 0 bridgehead atoms. The van der Waals surface area contributed by atoms with Gasteiger partial charge in [0.2, 0.25) is 0 Å². The first-order valence-electron chi connectivity index (χ1n) is 9.02. The summed E-state index contributed by atoms with van der Waals surface area (Å²) in [6.45, 7) is 0. The number of benzene rings is 2. The summed E-state index contributed by atoms with van der Waals surface area (Å²) in [5.74, 6) is 0.0448. The van der Waals surface area contributed by atoms with Crippen LogP contribution in [0.1, 0.15) is 54.1 Å². The summed E-state index contributed by atoms with van der Waals surface area (Å²) in [6.07, 6.45) is 3.80. The fourth-order valence-electron chi connectivity index (χ4n) is 2.83. The Kier molecular flexibility index (Phi) is 8.98. The molecule has 0 aromatic heterocycles. The molecule has 0 aliphatic heterocycles. The van der Waals surface area contributed by atoms with Gasteiger partial charge in [0.05, 0.1) is 34.5 Å². The van der Waals surface area contributed by atoms with Crippen LogP contribution in [0, 0.1) is 0 Å². The minimum atomic E-state index is -1.23. The largest absolute Gasteiger partial charge is 0.465 e. The van der Waals surface area contributed by atoms with Crippen LogP contribution in [0.15, 0.2) is 53.4 Å². The lowest BCUT2D eigenvalue weighted by atomic mass is 10.0. The van der Waals surface area contributed by atoms with E-state index in [1.807, 2.05) is 12.1 Å². The summed E-state index contributed by atoms with van der Waals surface area (Å²) < 4.78 is 17.2. The van der Waals surface area contributed by atoms with E-state index >= 15 is 0 Å². The molecule has 0 saturated carbocycles. The molecule has 0 fully saturated rings. The predicted molar refractivity (Wildman–Crippen MR) is 109 cm³/mol. The lowest BCUT2D eigenvalue weighted by Crippen LogP contribution is -2.08. The van der Waals surface area contributed by atoms with E-state index in [9.17, 15) is 14.1 Å². The third kappa shape index (κ3) is 6.76. The number of aliphatic hydroxyl groups excluding tert-OH is 1. The van der Waals surface area contributed by atoms with Crippen LogP contribution in [-0.4, -0.2) is 28.1 Å². The van der Waals surface area contributed by atoms with Gasteiger partial charge < -0.3 is 9.84 Å². The van der Waals surface area contributed by atoms with Crippen molar-refractivity contribution in [2.45, 2.75) is 43.1 Å². The number of carbonyl (C=O) groups excluding carboxylic acids is 1. The van der Waals surface area contributed by atoms with Crippen LogP contribution >= 0.6 is 11.6 Å². The van der Waals surface area contributed by atoms with E-state index in [-0.39, 0.29) is 0 Å². The number of halogens is 1. The van der Waals surface area contributed by atoms with Gasteiger partial charge in [-0.25, -0.2) is 4.79 Å². The highest BCUT2D eigenvalue weighted by atomic mass is 35.5. The standard InChI is InChI=1S/C21H25ClO4S/c1-26-21(24)18-8-5-6-10-20(18)27(25)15-7-3-2-4-9-19(23)16-11-13-17(22)14-12-16/h5-6,8,10-14,19,23H,2-4,7,9,15H2,1H3. The zero-order chi connectivity index (χ0) is 19.6. The van der Waals surface area contributed by atoms with Crippen molar-refractivity contribution in [3.05, 3.63) is 64.7 Å². The summed E-state index contributed by atoms with van der Waals surface area (Å²) in [5, 5.41) is 10.8. The second kappa shape index (κ2) is 11.2. The zero-order valence-corrected chi connectivity index (χ0v) is 17.0. The first-order valence-corrected chi connectivity index (χ1v) is 10.7. The Morgan fingerprint density at radius 1 is 1.07 bits per heavy atom. The Hall–Kier alpha value is -1.69. The van der Waals surface area contributed by atoms with Gasteiger partial charge in [0.25, 0.3) is 0 Å². The molecular formula is C21H25ClO4S. The summed E-state index contributed by atoms with van der Waals surface area (Å²) >= 11 is 5.85. The molecule has 2 aromatic rings. The quantitative estimate of drug-likeness (QED) is 0.447. The van der Waals surface area contributed by atoms with Crippen molar-refractivity contribution in [2.24, 2.45) is 0 Å². The lowest BCUT2D eigenvalue weighted by Gasteiger charge is -2.11. The second-order valence-electron chi connectivity index (χ2n) is 6.31. The van der Waals surface area contributed by atoms with Gasteiger partial charge in [-0.2, -0.15) is 0 Å². The topological polar surface area (TPSA) is 63.6 Å². The molecule has 0 saturated heterocycles. The number of esters is 1. The molecule has 27 heavy (non-hydrogen) atoms. The maximum atomic E-state index is 12.5. The molecule has 2 rings (SSSR count). The molecule has 0 aliphatic carbocycles. The summed E-state index contributed by atoms with van der Waals surface area (Å²) in [6, 6.07) is 14.1. The molecule has 0 amide bonds. The second-order valence-corrected chi connectivity index (χ2v) is 8.28. The average Bonchev–Trinajstić information content (AvgIpc) is 2.70. The highest BCUT2D eigenvalue weighted by molar-refractivity contribution is 7.85. The maximum Gasteiger partial charge on any atom is 0.339 e. The fraction of sp³-hybridized carbons (Fsp3) is 0.381. The first kappa shape index (κ1) is 21.6. The van der Waals surface area contributed by atoms with Gasteiger partial charge >= 0.3 is 5.97 Å². The highest BCUT2D eigenvalue weighted by Gasteiger charge is 2.15. The smallest absolute Gasteiger partial charge is 0.339 e. The van der Waals surface area contributed by atoms with E-state index in [4.69, 9.17) is 16.3 Å². The number of hydrogen-bond acceptors (Lipinski definition) is 4. The third-order valence-electron chi connectivity index (χ3n) is 4.35. The van der Waals surface area contributed by atoms with Crippen LogP contribution in [0.25, 0.3) is 0 Å². The Bertz CT molecular complexity index is 761. The fourth-order valence-corrected chi connectivity index (χ4v) is 4.27. The minimum absolute atomic E-state index is 0.365. The molecule has 0 radical (unpaired) electrons. The number of carbonyl (C=O) groups is 1. The van der Waals surface area contributed by atoms with Gasteiger partial charge in [-0.15, -0.1) is 0 Å². The van der Waals surface area contributed by atoms with Crippen molar-refractivity contribution in [1.82, 2.24) is 0 Å². The molecule has 0 aliphatic rings. The SMILES string of the molecule is COC(=O)c1ccccc1S(=O)CCCCCCC(O)c1ccc(Cl)cc1. The molecule has 4 nitrogen and oxygen atoms in total. The van der Waals surface area contributed by atoms with Crippen LogP contribution in [0.3, 0.4) is 0 Å². The Labute approximate surface area is 168 Å². The van der Waals surface area contributed by atoms with Crippen LogP contribution in [0.4, 0.5) is 0 Å². The molecule has 2 unspecified atom stereocenters.